The van der Waals surface area contributed by atoms with Crippen LogP contribution in [0.5, 0.6) is 0 Å². The summed E-state index contributed by atoms with van der Waals surface area (Å²) in [5.74, 6) is -0.0209. The van der Waals surface area contributed by atoms with E-state index >= 15 is 0 Å². The van der Waals surface area contributed by atoms with Crippen molar-refractivity contribution in [2.75, 3.05) is 18.4 Å². The second kappa shape index (κ2) is 8.45. The van der Waals surface area contributed by atoms with Gasteiger partial charge in [0.25, 0.3) is 0 Å². The van der Waals surface area contributed by atoms with E-state index in [-0.39, 0.29) is 11.8 Å². The Morgan fingerprint density at radius 1 is 1.19 bits per heavy atom. The Balaban J connectivity index is 2.50. The smallest absolute Gasteiger partial charge is 0.226 e. The monoisotopic (exact) mass is 290 g/mol. The summed E-state index contributed by atoms with van der Waals surface area (Å²) in [6, 6.07) is 5.94. The van der Waals surface area contributed by atoms with Gasteiger partial charge in [-0.3, -0.25) is 9.59 Å². The van der Waals surface area contributed by atoms with Crippen LogP contribution in [-0.2, 0) is 9.59 Å². The Bertz CT molecular complexity index is 498. The van der Waals surface area contributed by atoms with Gasteiger partial charge in [-0.1, -0.05) is 31.0 Å². The highest BCUT2D eigenvalue weighted by Gasteiger charge is 2.11. The normalized spacial score (nSPS) is 10.3. The topological polar surface area (TPSA) is 49.4 Å². The predicted molar refractivity (Wildman–Crippen MR) is 86.3 cm³/mol. The Labute approximate surface area is 127 Å². The lowest BCUT2D eigenvalue weighted by atomic mass is 10.1. The molecule has 0 heterocycles. The molecule has 0 spiro atoms. The highest BCUT2D eigenvalue weighted by Crippen LogP contribution is 2.16. The fraction of sp³-hybridized carbons (Fsp3) is 0.529. The maximum absolute atomic E-state index is 12.0. The molecule has 116 valence electrons. The maximum atomic E-state index is 12.0. The van der Waals surface area contributed by atoms with Crippen LogP contribution in [0, 0.1) is 13.8 Å². The number of benzene rings is 1. The summed E-state index contributed by atoms with van der Waals surface area (Å²) in [5.41, 5.74) is 3.07. The first-order chi connectivity index (χ1) is 9.93. The van der Waals surface area contributed by atoms with E-state index in [1.54, 1.807) is 11.8 Å². The number of carbonyl (C=O) groups is 2. The number of hydrogen-bond donors (Lipinski definition) is 1. The van der Waals surface area contributed by atoms with Gasteiger partial charge in [-0.25, -0.2) is 0 Å². The minimum atomic E-state index is -0.0512. The first kappa shape index (κ1) is 17.2. The average Bonchev–Trinajstić information content (AvgIpc) is 2.41. The van der Waals surface area contributed by atoms with Gasteiger partial charge in [-0.15, -0.1) is 0 Å². The molecule has 0 fully saturated rings. The summed E-state index contributed by atoms with van der Waals surface area (Å²) in [5, 5.41) is 2.91. The molecule has 0 atom stereocenters. The quantitative estimate of drug-likeness (QED) is 0.837. The largest absolute Gasteiger partial charge is 0.342 e. The highest BCUT2D eigenvalue weighted by atomic mass is 16.2. The zero-order chi connectivity index (χ0) is 15.8. The number of aryl methyl sites for hydroxylation is 2. The van der Waals surface area contributed by atoms with E-state index < -0.39 is 0 Å². The van der Waals surface area contributed by atoms with Gasteiger partial charge < -0.3 is 10.2 Å². The molecule has 1 rings (SSSR count). The zero-order valence-corrected chi connectivity index (χ0v) is 13.5. The second-order valence-electron chi connectivity index (χ2n) is 5.48. The maximum Gasteiger partial charge on any atom is 0.226 e. The van der Waals surface area contributed by atoms with Gasteiger partial charge in [0.1, 0.15) is 0 Å². The number of anilines is 1. The first-order valence-corrected chi connectivity index (χ1v) is 7.56. The third-order valence-corrected chi connectivity index (χ3v) is 3.49. The number of carbonyl (C=O) groups excluding carboxylic acids is 2. The van der Waals surface area contributed by atoms with E-state index in [9.17, 15) is 9.59 Å². The van der Waals surface area contributed by atoms with E-state index in [1.165, 1.54) is 5.56 Å². The van der Waals surface area contributed by atoms with Crippen molar-refractivity contribution in [3.8, 4) is 0 Å². The molecule has 0 aliphatic carbocycles. The second-order valence-corrected chi connectivity index (χ2v) is 5.48. The van der Waals surface area contributed by atoms with E-state index in [2.05, 4.69) is 12.2 Å². The van der Waals surface area contributed by atoms with Gasteiger partial charge in [-0.05, 0) is 31.9 Å². The lowest BCUT2D eigenvalue weighted by Gasteiger charge is -2.20. The van der Waals surface area contributed by atoms with Crippen LogP contribution in [0.1, 0.15) is 44.2 Å². The molecule has 4 heteroatoms. The minimum Gasteiger partial charge on any atom is -0.342 e. The molecule has 0 bridgehead atoms. The lowest BCUT2D eigenvalue weighted by molar-refractivity contribution is -0.129. The van der Waals surface area contributed by atoms with Crippen molar-refractivity contribution in [2.24, 2.45) is 0 Å². The lowest BCUT2D eigenvalue weighted by Crippen LogP contribution is -2.32. The molecule has 1 aromatic carbocycles. The molecule has 0 saturated heterocycles. The molecule has 2 amide bonds. The van der Waals surface area contributed by atoms with Crippen LogP contribution in [0.2, 0.25) is 0 Å². The van der Waals surface area contributed by atoms with Crippen molar-refractivity contribution in [1.82, 2.24) is 4.90 Å². The third kappa shape index (κ3) is 5.98. The van der Waals surface area contributed by atoms with Crippen LogP contribution >= 0.6 is 0 Å². The van der Waals surface area contributed by atoms with Gasteiger partial charge in [-0.2, -0.15) is 0 Å². The predicted octanol–water partition coefficient (Wildman–Crippen LogP) is 3.28. The molecular formula is C17H26N2O2. The molecule has 0 saturated carbocycles. The average molecular weight is 290 g/mol. The van der Waals surface area contributed by atoms with E-state index in [0.717, 1.165) is 30.6 Å². The Morgan fingerprint density at radius 2 is 1.90 bits per heavy atom. The molecular weight excluding hydrogens is 264 g/mol. The number of amides is 2. The van der Waals surface area contributed by atoms with Gasteiger partial charge >= 0.3 is 0 Å². The Kier molecular flexibility index (Phi) is 6.92. The van der Waals surface area contributed by atoms with Crippen LogP contribution in [0.4, 0.5) is 5.69 Å². The third-order valence-electron chi connectivity index (χ3n) is 3.49. The van der Waals surface area contributed by atoms with E-state index in [4.69, 9.17) is 0 Å². The number of rotatable bonds is 7. The summed E-state index contributed by atoms with van der Waals surface area (Å²) in [6.45, 7) is 8.85. The summed E-state index contributed by atoms with van der Waals surface area (Å²) in [4.78, 5) is 25.2. The molecule has 0 aliphatic rings. The van der Waals surface area contributed by atoms with Crippen LogP contribution < -0.4 is 5.32 Å². The van der Waals surface area contributed by atoms with Crippen molar-refractivity contribution in [2.45, 2.75) is 47.0 Å². The molecule has 1 aromatic rings. The summed E-state index contributed by atoms with van der Waals surface area (Å²) in [6.07, 6.45) is 2.34. The van der Waals surface area contributed by atoms with Crippen LogP contribution in [0.15, 0.2) is 18.2 Å². The van der Waals surface area contributed by atoms with Crippen molar-refractivity contribution in [3.05, 3.63) is 29.3 Å². The fourth-order valence-corrected chi connectivity index (χ4v) is 2.18. The minimum absolute atomic E-state index is 0.0303. The number of nitrogens with zero attached hydrogens (tertiary/aromatic N) is 1. The van der Waals surface area contributed by atoms with E-state index in [0.29, 0.717) is 13.0 Å². The molecule has 0 aromatic heterocycles. The summed E-state index contributed by atoms with van der Waals surface area (Å²) < 4.78 is 0. The molecule has 1 N–H and O–H groups in total. The van der Waals surface area contributed by atoms with Gasteiger partial charge in [0.05, 0.1) is 0 Å². The van der Waals surface area contributed by atoms with Crippen LogP contribution in [-0.4, -0.2) is 29.8 Å². The Morgan fingerprint density at radius 3 is 2.48 bits per heavy atom. The number of hydrogen-bond acceptors (Lipinski definition) is 2. The standard InChI is InChI=1S/C17H26N2O2/c1-5-6-10-19(15(4)20)11-9-17(21)18-16-8-7-13(2)12-14(16)3/h7-8,12H,5-6,9-11H2,1-4H3,(H,18,21). The van der Waals surface area contributed by atoms with Gasteiger partial charge in [0.2, 0.25) is 11.8 Å². The van der Waals surface area contributed by atoms with Gasteiger partial charge in [0.15, 0.2) is 0 Å². The van der Waals surface area contributed by atoms with Crippen LogP contribution in [0.25, 0.3) is 0 Å². The van der Waals surface area contributed by atoms with Crippen molar-refractivity contribution in [3.63, 3.8) is 0 Å². The number of unbranched alkanes of at least 4 members (excludes halogenated alkanes) is 1. The number of nitrogens with one attached hydrogen (secondary N) is 1. The molecule has 0 unspecified atom stereocenters. The summed E-state index contributed by atoms with van der Waals surface area (Å²) in [7, 11) is 0. The molecule has 4 nitrogen and oxygen atoms in total. The van der Waals surface area contributed by atoms with Crippen molar-refractivity contribution < 1.29 is 9.59 Å². The fourth-order valence-electron chi connectivity index (χ4n) is 2.18. The van der Waals surface area contributed by atoms with Crippen molar-refractivity contribution >= 4 is 17.5 Å². The van der Waals surface area contributed by atoms with E-state index in [1.807, 2.05) is 32.0 Å². The molecule has 0 aliphatic heterocycles. The van der Waals surface area contributed by atoms with Crippen molar-refractivity contribution in [1.29, 1.82) is 0 Å². The molecule has 21 heavy (non-hydrogen) atoms. The first-order valence-electron chi connectivity index (χ1n) is 7.56. The SMILES string of the molecule is CCCCN(CCC(=O)Nc1ccc(C)cc1C)C(C)=O. The van der Waals surface area contributed by atoms with Crippen LogP contribution in [0.3, 0.4) is 0 Å². The molecule has 0 radical (unpaired) electrons. The zero-order valence-electron chi connectivity index (χ0n) is 13.5. The highest BCUT2D eigenvalue weighted by molar-refractivity contribution is 5.91. The summed E-state index contributed by atoms with van der Waals surface area (Å²) >= 11 is 0. The van der Waals surface area contributed by atoms with Gasteiger partial charge in [0, 0.05) is 32.1 Å². The Hall–Kier alpha value is -1.84.